The van der Waals surface area contributed by atoms with Gasteiger partial charge in [0.05, 0.1) is 12.1 Å². The SMILES string of the molecule is Cn1cnc(CNCc2ccccc2C(=O)O)n1. The summed E-state index contributed by atoms with van der Waals surface area (Å²) in [6.45, 7) is 0.982. The van der Waals surface area contributed by atoms with E-state index in [0.29, 0.717) is 24.5 Å². The second-order valence-electron chi connectivity index (χ2n) is 3.90. The van der Waals surface area contributed by atoms with Crippen LogP contribution in [0.3, 0.4) is 0 Å². The summed E-state index contributed by atoms with van der Waals surface area (Å²) in [6, 6.07) is 6.93. The van der Waals surface area contributed by atoms with Gasteiger partial charge in [0.15, 0.2) is 5.82 Å². The van der Waals surface area contributed by atoms with Crippen LogP contribution in [0.2, 0.25) is 0 Å². The van der Waals surface area contributed by atoms with E-state index in [1.54, 1.807) is 36.3 Å². The average Bonchev–Trinajstić information content (AvgIpc) is 2.75. The van der Waals surface area contributed by atoms with E-state index in [2.05, 4.69) is 15.4 Å². The molecule has 1 aromatic heterocycles. The van der Waals surface area contributed by atoms with E-state index in [1.165, 1.54) is 0 Å². The first-order valence-corrected chi connectivity index (χ1v) is 5.53. The maximum absolute atomic E-state index is 11.0. The molecule has 2 rings (SSSR count). The summed E-state index contributed by atoms with van der Waals surface area (Å²) in [5.41, 5.74) is 1.07. The van der Waals surface area contributed by atoms with Crippen molar-refractivity contribution < 1.29 is 9.90 Å². The Hall–Kier alpha value is -2.21. The van der Waals surface area contributed by atoms with Gasteiger partial charge in [0.25, 0.3) is 0 Å². The van der Waals surface area contributed by atoms with Crippen LogP contribution in [0.25, 0.3) is 0 Å². The number of nitrogens with zero attached hydrogens (tertiary/aromatic N) is 3. The third kappa shape index (κ3) is 2.92. The van der Waals surface area contributed by atoms with Gasteiger partial charge < -0.3 is 10.4 Å². The lowest BCUT2D eigenvalue weighted by Crippen LogP contribution is -2.16. The Labute approximate surface area is 104 Å². The summed E-state index contributed by atoms with van der Waals surface area (Å²) in [5, 5.41) is 16.3. The van der Waals surface area contributed by atoms with Crippen molar-refractivity contribution in [1.29, 1.82) is 0 Å². The number of carboxylic acids is 1. The molecule has 0 saturated heterocycles. The molecular weight excluding hydrogens is 232 g/mol. The lowest BCUT2D eigenvalue weighted by atomic mass is 10.1. The van der Waals surface area contributed by atoms with Gasteiger partial charge in [-0.2, -0.15) is 5.10 Å². The Morgan fingerprint density at radius 2 is 2.17 bits per heavy atom. The van der Waals surface area contributed by atoms with Gasteiger partial charge in [-0.05, 0) is 11.6 Å². The number of benzene rings is 1. The maximum Gasteiger partial charge on any atom is 0.336 e. The Balaban J connectivity index is 1.96. The molecule has 2 aromatic rings. The predicted octanol–water partition coefficient (Wildman–Crippen LogP) is 0.803. The zero-order valence-electron chi connectivity index (χ0n) is 10.00. The molecule has 0 fully saturated rings. The van der Waals surface area contributed by atoms with Gasteiger partial charge in [-0.3, -0.25) is 4.68 Å². The van der Waals surface area contributed by atoms with Crippen molar-refractivity contribution in [3.05, 3.63) is 47.5 Å². The average molecular weight is 246 g/mol. The molecule has 0 aliphatic heterocycles. The lowest BCUT2D eigenvalue weighted by Gasteiger charge is -2.06. The zero-order chi connectivity index (χ0) is 13.0. The third-order valence-electron chi connectivity index (χ3n) is 2.49. The molecular formula is C12H14N4O2. The molecule has 0 saturated carbocycles. The molecule has 0 bridgehead atoms. The fourth-order valence-corrected chi connectivity index (χ4v) is 1.66. The van der Waals surface area contributed by atoms with Crippen LogP contribution in [0.15, 0.2) is 30.6 Å². The van der Waals surface area contributed by atoms with Crippen LogP contribution in [-0.2, 0) is 20.1 Å². The third-order valence-corrected chi connectivity index (χ3v) is 2.49. The lowest BCUT2D eigenvalue weighted by molar-refractivity contribution is 0.0695. The molecule has 1 heterocycles. The second kappa shape index (κ2) is 5.42. The van der Waals surface area contributed by atoms with E-state index in [1.807, 2.05) is 6.07 Å². The molecule has 0 atom stereocenters. The van der Waals surface area contributed by atoms with E-state index in [9.17, 15) is 4.79 Å². The van der Waals surface area contributed by atoms with Crippen molar-refractivity contribution in [3.8, 4) is 0 Å². The van der Waals surface area contributed by atoms with Gasteiger partial charge in [-0.25, -0.2) is 9.78 Å². The van der Waals surface area contributed by atoms with Crippen molar-refractivity contribution in [2.75, 3.05) is 0 Å². The highest BCUT2D eigenvalue weighted by atomic mass is 16.4. The molecule has 0 radical (unpaired) electrons. The number of aromatic carboxylic acids is 1. The minimum atomic E-state index is -0.914. The highest BCUT2D eigenvalue weighted by Gasteiger charge is 2.08. The van der Waals surface area contributed by atoms with Crippen LogP contribution >= 0.6 is 0 Å². The summed E-state index contributed by atoms with van der Waals surface area (Å²) < 4.78 is 1.63. The van der Waals surface area contributed by atoms with Crippen molar-refractivity contribution in [1.82, 2.24) is 20.1 Å². The summed E-state index contributed by atoms with van der Waals surface area (Å²) in [6.07, 6.45) is 1.63. The minimum Gasteiger partial charge on any atom is -0.478 e. The molecule has 0 amide bonds. The standard InChI is InChI=1S/C12H14N4O2/c1-16-8-14-11(15-16)7-13-6-9-4-2-3-5-10(9)12(17)18/h2-5,8,13H,6-7H2,1H3,(H,17,18). The summed E-state index contributed by atoms with van der Waals surface area (Å²) >= 11 is 0. The molecule has 6 heteroatoms. The molecule has 18 heavy (non-hydrogen) atoms. The van der Waals surface area contributed by atoms with Crippen LogP contribution in [0, 0.1) is 0 Å². The normalized spacial score (nSPS) is 10.5. The van der Waals surface area contributed by atoms with Crippen LogP contribution in [0.1, 0.15) is 21.7 Å². The number of nitrogens with one attached hydrogen (secondary N) is 1. The van der Waals surface area contributed by atoms with E-state index in [0.717, 1.165) is 5.56 Å². The molecule has 0 aliphatic rings. The molecule has 94 valence electrons. The maximum atomic E-state index is 11.0. The summed E-state index contributed by atoms with van der Waals surface area (Å²) in [7, 11) is 1.80. The van der Waals surface area contributed by atoms with Gasteiger partial charge in [-0.1, -0.05) is 18.2 Å². The van der Waals surface area contributed by atoms with E-state index in [4.69, 9.17) is 5.11 Å². The number of rotatable bonds is 5. The molecule has 0 aliphatic carbocycles. The molecule has 2 N–H and O–H groups in total. The Bertz CT molecular complexity index is 551. The first kappa shape index (κ1) is 12.3. The number of carboxylic acid groups (broad SMARTS) is 1. The molecule has 0 spiro atoms. The highest BCUT2D eigenvalue weighted by Crippen LogP contribution is 2.08. The van der Waals surface area contributed by atoms with Gasteiger partial charge in [0.1, 0.15) is 6.33 Å². The second-order valence-corrected chi connectivity index (χ2v) is 3.90. The van der Waals surface area contributed by atoms with E-state index in [-0.39, 0.29) is 0 Å². The number of hydrogen-bond acceptors (Lipinski definition) is 4. The minimum absolute atomic E-state index is 0.319. The topological polar surface area (TPSA) is 80.0 Å². The Kier molecular flexibility index (Phi) is 3.69. The number of aryl methyl sites for hydroxylation is 1. The first-order chi connectivity index (χ1) is 8.66. The van der Waals surface area contributed by atoms with Crippen molar-refractivity contribution in [2.24, 2.45) is 7.05 Å². The first-order valence-electron chi connectivity index (χ1n) is 5.53. The van der Waals surface area contributed by atoms with Gasteiger partial charge in [-0.15, -0.1) is 0 Å². The van der Waals surface area contributed by atoms with Crippen molar-refractivity contribution in [2.45, 2.75) is 13.1 Å². The highest BCUT2D eigenvalue weighted by molar-refractivity contribution is 5.89. The van der Waals surface area contributed by atoms with Crippen LogP contribution in [0.4, 0.5) is 0 Å². The van der Waals surface area contributed by atoms with Crippen LogP contribution in [-0.4, -0.2) is 25.8 Å². The zero-order valence-corrected chi connectivity index (χ0v) is 10.00. The van der Waals surface area contributed by atoms with Gasteiger partial charge >= 0.3 is 5.97 Å². The predicted molar refractivity (Wildman–Crippen MR) is 64.9 cm³/mol. The Morgan fingerprint density at radius 3 is 2.83 bits per heavy atom. The van der Waals surface area contributed by atoms with Crippen molar-refractivity contribution >= 4 is 5.97 Å². The molecule has 0 unspecified atom stereocenters. The van der Waals surface area contributed by atoms with Crippen molar-refractivity contribution in [3.63, 3.8) is 0 Å². The smallest absolute Gasteiger partial charge is 0.336 e. The van der Waals surface area contributed by atoms with E-state index < -0.39 is 5.97 Å². The monoisotopic (exact) mass is 246 g/mol. The fourth-order valence-electron chi connectivity index (χ4n) is 1.66. The molecule has 1 aromatic carbocycles. The van der Waals surface area contributed by atoms with Gasteiger partial charge in [0.2, 0.25) is 0 Å². The number of carbonyl (C=O) groups is 1. The van der Waals surface area contributed by atoms with Crippen LogP contribution < -0.4 is 5.32 Å². The van der Waals surface area contributed by atoms with E-state index >= 15 is 0 Å². The fraction of sp³-hybridized carbons (Fsp3) is 0.250. The summed E-state index contributed by atoms with van der Waals surface area (Å²) in [5.74, 6) is -0.228. The van der Waals surface area contributed by atoms with Gasteiger partial charge in [0, 0.05) is 13.6 Å². The molecule has 6 nitrogen and oxygen atoms in total. The summed E-state index contributed by atoms with van der Waals surface area (Å²) in [4.78, 5) is 15.1. The largest absolute Gasteiger partial charge is 0.478 e. The number of hydrogen-bond donors (Lipinski definition) is 2. The quantitative estimate of drug-likeness (QED) is 0.815. The van der Waals surface area contributed by atoms with Crippen LogP contribution in [0.5, 0.6) is 0 Å². The Morgan fingerprint density at radius 1 is 1.39 bits per heavy atom. The number of aromatic nitrogens is 3.